The predicted octanol–water partition coefficient (Wildman–Crippen LogP) is 3.41. The maximum Gasteiger partial charge on any atom is 0.189 e. The van der Waals surface area contributed by atoms with Crippen molar-refractivity contribution in [1.29, 1.82) is 0 Å². The maximum atomic E-state index is 4.39. The van der Waals surface area contributed by atoms with Crippen molar-refractivity contribution in [3.8, 4) is 0 Å². The number of rotatable bonds is 3. The number of hydrogen-bond donors (Lipinski definition) is 1. The first-order valence-corrected chi connectivity index (χ1v) is 6.97. The first-order valence-electron chi connectivity index (χ1n) is 4.96. The summed E-state index contributed by atoms with van der Waals surface area (Å²) in [5.74, 6) is 0.750. The molecule has 0 aromatic carbocycles. The SMILES string of the molecule is CSc1ncc(Br)c(Nc2cccnc2C)n1. The summed E-state index contributed by atoms with van der Waals surface area (Å²) in [5, 5.41) is 3.97. The summed E-state index contributed by atoms with van der Waals surface area (Å²) >= 11 is 4.93. The summed E-state index contributed by atoms with van der Waals surface area (Å²) < 4.78 is 0.832. The van der Waals surface area contributed by atoms with E-state index in [0.29, 0.717) is 0 Å². The van der Waals surface area contributed by atoms with Gasteiger partial charge in [0.05, 0.1) is 15.9 Å². The van der Waals surface area contributed by atoms with Gasteiger partial charge >= 0.3 is 0 Å². The minimum atomic E-state index is 0.734. The number of aryl methyl sites for hydroxylation is 1. The van der Waals surface area contributed by atoms with Gasteiger partial charge in [0.15, 0.2) is 5.16 Å². The lowest BCUT2D eigenvalue weighted by atomic mass is 10.3. The quantitative estimate of drug-likeness (QED) is 0.695. The van der Waals surface area contributed by atoms with Gasteiger partial charge in [-0.1, -0.05) is 11.8 Å². The normalized spacial score (nSPS) is 10.3. The second-order valence-electron chi connectivity index (χ2n) is 3.31. The first kappa shape index (κ1) is 12.3. The van der Waals surface area contributed by atoms with E-state index in [4.69, 9.17) is 0 Å². The molecule has 4 nitrogen and oxygen atoms in total. The summed E-state index contributed by atoms with van der Waals surface area (Å²) in [6.07, 6.45) is 5.46. The molecule has 0 saturated heterocycles. The van der Waals surface area contributed by atoms with Crippen LogP contribution in [-0.4, -0.2) is 21.2 Å². The van der Waals surface area contributed by atoms with Gasteiger partial charge in [0.2, 0.25) is 0 Å². The van der Waals surface area contributed by atoms with Gasteiger partial charge in [0.25, 0.3) is 0 Å². The molecule has 0 unspecified atom stereocenters. The average molecular weight is 311 g/mol. The van der Waals surface area contributed by atoms with Crippen molar-refractivity contribution in [2.24, 2.45) is 0 Å². The highest BCUT2D eigenvalue weighted by molar-refractivity contribution is 9.10. The summed E-state index contributed by atoms with van der Waals surface area (Å²) in [6, 6.07) is 3.86. The van der Waals surface area contributed by atoms with E-state index in [1.54, 1.807) is 12.4 Å². The van der Waals surface area contributed by atoms with Gasteiger partial charge in [-0.15, -0.1) is 0 Å². The van der Waals surface area contributed by atoms with Gasteiger partial charge in [-0.3, -0.25) is 4.98 Å². The Kier molecular flexibility index (Phi) is 3.96. The van der Waals surface area contributed by atoms with Crippen LogP contribution in [0.4, 0.5) is 11.5 Å². The number of aromatic nitrogens is 3. The highest BCUT2D eigenvalue weighted by atomic mass is 79.9. The molecule has 2 aromatic heterocycles. The average Bonchev–Trinajstić information content (AvgIpc) is 2.35. The minimum Gasteiger partial charge on any atom is -0.338 e. The van der Waals surface area contributed by atoms with Crippen LogP contribution in [0, 0.1) is 6.92 Å². The van der Waals surface area contributed by atoms with Crippen molar-refractivity contribution in [2.75, 3.05) is 11.6 Å². The fourth-order valence-electron chi connectivity index (χ4n) is 1.28. The van der Waals surface area contributed by atoms with Crippen molar-refractivity contribution >= 4 is 39.2 Å². The molecule has 0 radical (unpaired) electrons. The molecule has 1 N–H and O–H groups in total. The fourth-order valence-corrected chi connectivity index (χ4v) is 1.91. The largest absolute Gasteiger partial charge is 0.338 e. The number of halogens is 1. The van der Waals surface area contributed by atoms with E-state index in [0.717, 1.165) is 26.8 Å². The topological polar surface area (TPSA) is 50.7 Å². The Morgan fingerprint density at radius 3 is 2.88 bits per heavy atom. The number of anilines is 2. The number of nitrogens with zero attached hydrogens (tertiary/aromatic N) is 3. The molecular weight excluding hydrogens is 300 g/mol. The Labute approximate surface area is 112 Å². The first-order chi connectivity index (χ1) is 8.20. The second kappa shape index (κ2) is 5.46. The van der Waals surface area contributed by atoms with Crippen LogP contribution in [0.2, 0.25) is 0 Å². The van der Waals surface area contributed by atoms with Gasteiger partial charge in [-0.05, 0) is 41.2 Å². The third kappa shape index (κ3) is 2.95. The third-order valence-corrected chi connectivity index (χ3v) is 3.31. The molecule has 2 aromatic rings. The Morgan fingerprint density at radius 2 is 2.18 bits per heavy atom. The highest BCUT2D eigenvalue weighted by Crippen LogP contribution is 2.25. The van der Waals surface area contributed by atoms with Crippen LogP contribution in [0.5, 0.6) is 0 Å². The lowest BCUT2D eigenvalue weighted by Gasteiger charge is -2.09. The molecule has 0 aliphatic rings. The maximum absolute atomic E-state index is 4.39. The Bertz CT molecular complexity index is 533. The molecule has 2 rings (SSSR count). The van der Waals surface area contributed by atoms with E-state index in [2.05, 4.69) is 36.2 Å². The summed E-state index contributed by atoms with van der Waals surface area (Å²) in [4.78, 5) is 12.8. The van der Waals surface area contributed by atoms with Crippen LogP contribution in [0.25, 0.3) is 0 Å². The van der Waals surface area contributed by atoms with E-state index in [1.807, 2.05) is 25.3 Å². The summed E-state index contributed by atoms with van der Waals surface area (Å²) in [7, 11) is 0. The molecule has 0 atom stereocenters. The number of pyridine rings is 1. The molecule has 0 fully saturated rings. The molecule has 0 amide bonds. The van der Waals surface area contributed by atoms with Crippen molar-refractivity contribution in [3.05, 3.63) is 34.7 Å². The van der Waals surface area contributed by atoms with E-state index < -0.39 is 0 Å². The summed E-state index contributed by atoms with van der Waals surface area (Å²) in [6.45, 7) is 1.95. The zero-order valence-electron chi connectivity index (χ0n) is 9.44. The summed E-state index contributed by atoms with van der Waals surface area (Å²) in [5.41, 5.74) is 1.88. The molecule has 17 heavy (non-hydrogen) atoms. The fraction of sp³-hybridized carbons (Fsp3) is 0.182. The van der Waals surface area contributed by atoms with Crippen LogP contribution < -0.4 is 5.32 Å². The molecule has 0 spiro atoms. The van der Waals surface area contributed by atoms with Crippen molar-refractivity contribution in [2.45, 2.75) is 12.1 Å². The molecule has 0 bridgehead atoms. The molecule has 88 valence electrons. The van der Waals surface area contributed by atoms with Crippen molar-refractivity contribution in [1.82, 2.24) is 15.0 Å². The Hall–Kier alpha value is -1.14. The Balaban J connectivity index is 2.32. The number of thioether (sulfide) groups is 1. The smallest absolute Gasteiger partial charge is 0.189 e. The third-order valence-electron chi connectivity index (χ3n) is 2.16. The van der Waals surface area contributed by atoms with Gasteiger partial charge in [0.1, 0.15) is 5.82 Å². The molecule has 0 aliphatic carbocycles. The van der Waals surface area contributed by atoms with Gasteiger partial charge in [-0.2, -0.15) is 0 Å². The number of hydrogen-bond acceptors (Lipinski definition) is 5. The van der Waals surface area contributed by atoms with Gasteiger partial charge in [0, 0.05) is 12.4 Å². The van der Waals surface area contributed by atoms with E-state index >= 15 is 0 Å². The lowest BCUT2D eigenvalue weighted by Crippen LogP contribution is -1.99. The van der Waals surface area contributed by atoms with E-state index in [-0.39, 0.29) is 0 Å². The molecule has 2 heterocycles. The highest BCUT2D eigenvalue weighted by Gasteiger charge is 2.06. The van der Waals surface area contributed by atoms with Crippen LogP contribution in [0.3, 0.4) is 0 Å². The monoisotopic (exact) mass is 310 g/mol. The molecular formula is C11H11BrN4S. The van der Waals surface area contributed by atoms with Crippen LogP contribution in [0.15, 0.2) is 34.2 Å². The van der Waals surface area contributed by atoms with Gasteiger partial charge in [-0.25, -0.2) is 9.97 Å². The van der Waals surface area contributed by atoms with E-state index in [1.165, 1.54) is 11.8 Å². The van der Waals surface area contributed by atoms with Crippen LogP contribution >= 0.6 is 27.7 Å². The second-order valence-corrected chi connectivity index (χ2v) is 4.94. The van der Waals surface area contributed by atoms with Crippen LogP contribution in [0.1, 0.15) is 5.69 Å². The van der Waals surface area contributed by atoms with Crippen molar-refractivity contribution < 1.29 is 0 Å². The molecule has 0 saturated carbocycles. The minimum absolute atomic E-state index is 0.734. The van der Waals surface area contributed by atoms with Crippen LogP contribution in [-0.2, 0) is 0 Å². The lowest BCUT2D eigenvalue weighted by molar-refractivity contribution is 0.966. The molecule has 6 heteroatoms. The number of nitrogens with one attached hydrogen (secondary N) is 1. The zero-order chi connectivity index (χ0) is 12.3. The Morgan fingerprint density at radius 1 is 1.35 bits per heavy atom. The predicted molar refractivity (Wildman–Crippen MR) is 73.8 cm³/mol. The molecule has 0 aliphatic heterocycles. The van der Waals surface area contributed by atoms with Crippen molar-refractivity contribution in [3.63, 3.8) is 0 Å². The standard InChI is InChI=1S/C11H11BrN4S/c1-7-9(4-3-5-13-7)15-10-8(12)6-14-11(16-10)17-2/h3-6H,1-2H3,(H,14,15,16). The van der Waals surface area contributed by atoms with Gasteiger partial charge < -0.3 is 5.32 Å². The van der Waals surface area contributed by atoms with E-state index in [9.17, 15) is 0 Å². The zero-order valence-corrected chi connectivity index (χ0v) is 11.8.